The minimum atomic E-state index is 0.582. The number of hydrogen-bond acceptors (Lipinski definition) is 1. The molecule has 2 aromatic carbocycles. The molecule has 0 N–H and O–H groups in total. The van der Waals surface area contributed by atoms with E-state index in [9.17, 15) is 0 Å². The van der Waals surface area contributed by atoms with E-state index in [0.29, 0.717) is 6.61 Å². The molecule has 0 radical (unpaired) electrons. The van der Waals surface area contributed by atoms with Gasteiger partial charge in [0.15, 0.2) is 0 Å². The molecule has 19 heavy (non-hydrogen) atoms. The summed E-state index contributed by atoms with van der Waals surface area (Å²) in [5.74, 6) is 0.907. The molecule has 0 amide bonds. The van der Waals surface area contributed by atoms with E-state index in [-0.39, 0.29) is 0 Å². The quantitative estimate of drug-likeness (QED) is 0.736. The molecule has 0 atom stereocenters. The lowest BCUT2D eigenvalue weighted by atomic mass is 10.1. The smallest absolute Gasteiger partial charge is 0.123 e. The van der Waals surface area contributed by atoms with E-state index in [1.54, 1.807) is 0 Å². The van der Waals surface area contributed by atoms with Gasteiger partial charge in [0.05, 0.1) is 0 Å². The lowest BCUT2D eigenvalue weighted by Crippen LogP contribution is -1.98. The Bertz CT molecular complexity index is 588. The molecule has 0 aliphatic carbocycles. The summed E-state index contributed by atoms with van der Waals surface area (Å²) < 4.78 is 6.97. The van der Waals surface area contributed by atoms with Crippen LogP contribution in [0.15, 0.2) is 53.5 Å². The summed E-state index contributed by atoms with van der Waals surface area (Å²) in [6.07, 6.45) is 0. The molecule has 1 nitrogen and oxygen atoms in total. The van der Waals surface area contributed by atoms with Crippen LogP contribution < -0.4 is 4.74 Å². The Morgan fingerprint density at radius 2 is 1.89 bits per heavy atom. The number of benzene rings is 2. The summed E-state index contributed by atoms with van der Waals surface area (Å²) in [5, 5.41) is 0. The van der Waals surface area contributed by atoms with Gasteiger partial charge < -0.3 is 4.74 Å². The third-order valence-corrected chi connectivity index (χ3v) is 3.62. The van der Waals surface area contributed by atoms with Crippen molar-refractivity contribution in [3.05, 3.63) is 70.2 Å². The molecule has 0 aromatic heterocycles. The van der Waals surface area contributed by atoms with Crippen LogP contribution >= 0.6 is 15.9 Å². The first-order valence-electron chi connectivity index (χ1n) is 6.20. The maximum Gasteiger partial charge on any atom is 0.123 e. The SMILES string of the molecule is C=C(C)c1cc(OCc2ccccc2)c(C)cc1Br. The fourth-order valence-corrected chi connectivity index (χ4v) is 2.67. The maximum absolute atomic E-state index is 5.91. The molecule has 0 unspecified atom stereocenters. The first kappa shape index (κ1) is 13.9. The molecule has 0 heterocycles. The minimum absolute atomic E-state index is 0.582. The van der Waals surface area contributed by atoms with E-state index in [1.165, 1.54) is 5.56 Å². The average molecular weight is 317 g/mol. The Labute approximate surface area is 123 Å². The second-order valence-electron chi connectivity index (χ2n) is 4.65. The minimum Gasteiger partial charge on any atom is -0.489 e. The normalized spacial score (nSPS) is 10.3. The summed E-state index contributed by atoms with van der Waals surface area (Å²) >= 11 is 3.56. The molecule has 0 bridgehead atoms. The molecule has 2 heteroatoms. The van der Waals surface area contributed by atoms with Crippen molar-refractivity contribution in [2.45, 2.75) is 20.5 Å². The van der Waals surface area contributed by atoms with Gasteiger partial charge in [0, 0.05) is 4.47 Å². The Hall–Kier alpha value is -1.54. The zero-order valence-corrected chi connectivity index (χ0v) is 12.8. The van der Waals surface area contributed by atoms with Gasteiger partial charge in [-0.15, -0.1) is 0 Å². The van der Waals surface area contributed by atoms with Crippen molar-refractivity contribution in [1.29, 1.82) is 0 Å². The molecule has 2 aromatic rings. The largest absolute Gasteiger partial charge is 0.489 e. The highest BCUT2D eigenvalue weighted by Gasteiger charge is 2.07. The number of aryl methyl sites for hydroxylation is 1. The lowest BCUT2D eigenvalue weighted by Gasteiger charge is -2.13. The van der Waals surface area contributed by atoms with Crippen LogP contribution in [0.3, 0.4) is 0 Å². The van der Waals surface area contributed by atoms with Gasteiger partial charge >= 0.3 is 0 Å². The molecular weight excluding hydrogens is 300 g/mol. The third-order valence-electron chi connectivity index (χ3n) is 2.96. The van der Waals surface area contributed by atoms with Crippen LogP contribution in [0.4, 0.5) is 0 Å². The molecular formula is C17H17BrO. The van der Waals surface area contributed by atoms with Crippen molar-refractivity contribution in [3.63, 3.8) is 0 Å². The standard InChI is InChI=1S/C17H17BrO/c1-12(2)15-10-17(13(3)9-16(15)18)19-11-14-7-5-4-6-8-14/h4-10H,1,11H2,2-3H3. The van der Waals surface area contributed by atoms with Crippen molar-refractivity contribution in [2.24, 2.45) is 0 Å². The van der Waals surface area contributed by atoms with Gasteiger partial charge in [-0.1, -0.05) is 52.8 Å². The summed E-state index contributed by atoms with van der Waals surface area (Å²) in [5.41, 5.74) is 4.40. The van der Waals surface area contributed by atoms with Crippen molar-refractivity contribution in [2.75, 3.05) is 0 Å². The van der Waals surface area contributed by atoms with Gasteiger partial charge in [-0.05, 0) is 48.2 Å². The summed E-state index contributed by atoms with van der Waals surface area (Å²) in [6.45, 7) is 8.62. The van der Waals surface area contributed by atoms with E-state index < -0.39 is 0 Å². The van der Waals surface area contributed by atoms with Crippen molar-refractivity contribution in [3.8, 4) is 5.75 Å². The molecule has 2 rings (SSSR count). The van der Waals surface area contributed by atoms with Crippen molar-refractivity contribution >= 4 is 21.5 Å². The fraction of sp³-hybridized carbons (Fsp3) is 0.176. The van der Waals surface area contributed by atoms with Crippen LogP contribution in [0.1, 0.15) is 23.6 Å². The molecule has 0 aliphatic rings. The number of halogens is 1. The van der Waals surface area contributed by atoms with Gasteiger partial charge in [0.2, 0.25) is 0 Å². The monoisotopic (exact) mass is 316 g/mol. The summed E-state index contributed by atoms with van der Waals surface area (Å²) in [7, 11) is 0. The molecule has 98 valence electrons. The van der Waals surface area contributed by atoms with Crippen molar-refractivity contribution in [1.82, 2.24) is 0 Å². The zero-order valence-electron chi connectivity index (χ0n) is 11.2. The maximum atomic E-state index is 5.91. The fourth-order valence-electron chi connectivity index (χ4n) is 1.87. The van der Waals surface area contributed by atoms with Crippen LogP contribution in [0, 0.1) is 6.92 Å². The van der Waals surface area contributed by atoms with E-state index >= 15 is 0 Å². The Balaban J connectivity index is 2.21. The first-order valence-corrected chi connectivity index (χ1v) is 7.00. The topological polar surface area (TPSA) is 9.23 Å². The van der Waals surface area contributed by atoms with Gasteiger partial charge in [0.25, 0.3) is 0 Å². The zero-order chi connectivity index (χ0) is 13.8. The lowest BCUT2D eigenvalue weighted by molar-refractivity contribution is 0.304. The molecule has 0 aliphatic heterocycles. The van der Waals surface area contributed by atoms with Gasteiger partial charge in [0.1, 0.15) is 12.4 Å². The Morgan fingerprint density at radius 1 is 1.21 bits per heavy atom. The molecule has 0 spiro atoms. The number of ether oxygens (including phenoxy) is 1. The number of allylic oxidation sites excluding steroid dienone is 1. The van der Waals surface area contributed by atoms with E-state index in [2.05, 4.69) is 40.7 Å². The second kappa shape index (κ2) is 6.07. The number of hydrogen-bond donors (Lipinski definition) is 0. The predicted octanol–water partition coefficient (Wildman–Crippen LogP) is 5.37. The van der Waals surface area contributed by atoms with Crippen LogP contribution in [-0.4, -0.2) is 0 Å². The highest BCUT2D eigenvalue weighted by molar-refractivity contribution is 9.10. The summed E-state index contributed by atoms with van der Waals surface area (Å²) in [4.78, 5) is 0. The van der Waals surface area contributed by atoms with Gasteiger partial charge in [-0.25, -0.2) is 0 Å². The first-order chi connectivity index (χ1) is 9.08. The number of rotatable bonds is 4. The Morgan fingerprint density at radius 3 is 2.53 bits per heavy atom. The van der Waals surface area contributed by atoms with E-state index in [0.717, 1.165) is 26.9 Å². The highest BCUT2D eigenvalue weighted by Crippen LogP contribution is 2.31. The van der Waals surface area contributed by atoms with Crippen LogP contribution in [0.5, 0.6) is 5.75 Å². The van der Waals surface area contributed by atoms with E-state index in [4.69, 9.17) is 4.74 Å². The highest BCUT2D eigenvalue weighted by atomic mass is 79.9. The van der Waals surface area contributed by atoms with Crippen molar-refractivity contribution < 1.29 is 4.74 Å². The molecule has 0 saturated carbocycles. The average Bonchev–Trinajstić information content (AvgIpc) is 2.38. The van der Waals surface area contributed by atoms with Crippen LogP contribution in [-0.2, 0) is 6.61 Å². The second-order valence-corrected chi connectivity index (χ2v) is 5.51. The molecule has 0 saturated heterocycles. The van der Waals surface area contributed by atoms with Crippen LogP contribution in [0.2, 0.25) is 0 Å². The third kappa shape index (κ3) is 3.48. The van der Waals surface area contributed by atoms with Gasteiger partial charge in [-0.3, -0.25) is 0 Å². The summed E-state index contributed by atoms with van der Waals surface area (Å²) in [6, 6.07) is 14.3. The van der Waals surface area contributed by atoms with E-state index in [1.807, 2.05) is 38.1 Å². The predicted molar refractivity (Wildman–Crippen MR) is 84.4 cm³/mol. The molecule has 0 fully saturated rings. The Kier molecular flexibility index (Phi) is 4.43. The van der Waals surface area contributed by atoms with Gasteiger partial charge in [-0.2, -0.15) is 0 Å². The van der Waals surface area contributed by atoms with Crippen LogP contribution in [0.25, 0.3) is 5.57 Å².